The second kappa shape index (κ2) is 9.39. The number of hydrogen-bond acceptors (Lipinski definition) is 4. The van der Waals surface area contributed by atoms with Gasteiger partial charge >= 0.3 is 6.09 Å². The van der Waals surface area contributed by atoms with Crippen LogP contribution in [0.5, 0.6) is 0 Å². The van der Waals surface area contributed by atoms with Crippen molar-refractivity contribution in [3.05, 3.63) is 12.2 Å². The van der Waals surface area contributed by atoms with Crippen LogP contribution in [0.2, 0.25) is 0 Å². The number of amides is 2. The number of rotatable bonds is 7. The van der Waals surface area contributed by atoms with Crippen molar-refractivity contribution in [3.8, 4) is 0 Å². The molecule has 2 unspecified atom stereocenters. The highest BCUT2D eigenvalue weighted by molar-refractivity contribution is 5.79. The van der Waals surface area contributed by atoms with Crippen LogP contribution in [0.1, 0.15) is 19.3 Å². The lowest BCUT2D eigenvalue weighted by molar-refractivity contribution is -0.127. The van der Waals surface area contributed by atoms with Crippen molar-refractivity contribution < 1.29 is 14.3 Å². The summed E-state index contributed by atoms with van der Waals surface area (Å²) in [7, 11) is 5.55. The molecule has 1 rings (SSSR count). The summed E-state index contributed by atoms with van der Waals surface area (Å²) in [5, 5.41) is 5.40. The molecule has 1 aliphatic carbocycles. The van der Waals surface area contributed by atoms with Gasteiger partial charge in [0.1, 0.15) is 0 Å². The summed E-state index contributed by atoms with van der Waals surface area (Å²) in [5.41, 5.74) is 0. The van der Waals surface area contributed by atoms with Gasteiger partial charge in [0.2, 0.25) is 5.91 Å². The van der Waals surface area contributed by atoms with Crippen molar-refractivity contribution in [2.24, 2.45) is 11.8 Å². The lowest BCUT2D eigenvalue weighted by atomic mass is 9.83. The largest absolute Gasteiger partial charge is 0.449 e. The number of allylic oxidation sites excluding steroid dienone is 2. The summed E-state index contributed by atoms with van der Waals surface area (Å²) in [6, 6.07) is 0. The van der Waals surface area contributed by atoms with Crippen LogP contribution in [0.15, 0.2) is 12.2 Å². The van der Waals surface area contributed by atoms with Crippen LogP contribution in [0.3, 0.4) is 0 Å². The second-order valence-corrected chi connectivity index (χ2v) is 5.61. The predicted molar refractivity (Wildman–Crippen MR) is 81.9 cm³/mol. The molecule has 0 saturated heterocycles. The summed E-state index contributed by atoms with van der Waals surface area (Å²) in [6.07, 6.45) is 6.04. The topological polar surface area (TPSA) is 70.7 Å². The highest BCUT2D eigenvalue weighted by atomic mass is 16.5. The van der Waals surface area contributed by atoms with E-state index in [-0.39, 0.29) is 24.3 Å². The molecule has 21 heavy (non-hydrogen) atoms. The molecule has 0 aliphatic heterocycles. The predicted octanol–water partition coefficient (Wildman–Crippen LogP) is 0.993. The first-order chi connectivity index (χ1) is 10.0. The minimum atomic E-state index is -0.449. The Balaban J connectivity index is 2.39. The fraction of sp³-hybridized carbons (Fsp3) is 0.733. The third-order valence-electron chi connectivity index (χ3n) is 3.62. The van der Waals surface area contributed by atoms with Crippen LogP contribution in [0.25, 0.3) is 0 Å². The van der Waals surface area contributed by atoms with Gasteiger partial charge in [-0.1, -0.05) is 12.2 Å². The van der Waals surface area contributed by atoms with Gasteiger partial charge in [-0.15, -0.1) is 0 Å². The molecular weight excluding hydrogens is 270 g/mol. The monoisotopic (exact) mass is 297 g/mol. The highest BCUT2D eigenvalue weighted by Gasteiger charge is 2.29. The van der Waals surface area contributed by atoms with E-state index < -0.39 is 6.09 Å². The molecule has 2 atom stereocenters. The van der Waals surface area contributed by atoms with Gasteiger partial charge in [-0.25, -0.2) is 4.79 Å². The lowest BCUT2D eigenvalue weighted by Gasteiger charge is -2.27. The molecule has 0 bridgehead atoms. The Morgan fingerprint density at radius 2 is 2.00 bits per heavy atom. The van der Waals surface area contributed by atoms with Crippen molar-refractivity contribution in [3.63, 3.8) is 0 Å². The van der Waals surface area contributed by atoms with Crippen molar-refractivity contribution in [2.75, 3.05) is 40.8 Å². The molecule has 0 fully saturated rings. The molecule has 0 aromatic carbocycles. The summed E-state index contributed by atoms with van der Waals surface area (Å²) in [4.78, 5) is 25.5. The Kier molecular flexibility index (Phi) is 7.82. The molecule has 0 spiro atoms. The van der Waals surface area contributed by atoms with Gasteiger partial charge < -0.3 is 20.3 Å². The van der Waals surface area contributed by atoms with Gasteiger partial charge in [-0.05, 0) is 39.9 Å². The van der Waals surface area contributed by atoms with Gasteiger partial charge in [0.15, 0.2) is 0 Å². The third-order valence-corrected chi connectivity index (χ3v) is 3.62. The number of nitrogens with one attached hydrogen (secondary N) is 2. The average molecular weight is 297 g/mol. The maximum atomic E-state index is 12.3. The summed E-state index contributed by atoms with van der Waals surface area (Å²) < 4.78 is 5.10. The first-order valence-electron chi connectivity index (χ1n) is 7.46. The van der Waals surface area contributed by atoms with Crippen LogP contribution < -0.4 is 10.6 Å². The molecule has 0 radical (unpaired) electrons. The number of nitrogens with zero attached hydrogens (tertiary/aromatic N) is 1. The first kappa shape index (κ1) is 17.5. The van der Waals surface area contributed by atoms with Crippen LogP contribution >= 0.6 is 0 Å². The van der Waals surface area contributed by atoms with Crippen molar-refractivity contribution in [1.29, 1.82) is 0 Å². The molecule has 2 amide bonds. The van der Waals surface area contributed by atoms with E-state index in [1.54, 1.807) is 0 Å². The van der Waals surface area contributed by atoms with E-state index in [0.717, 1.165) is 19.4 Å². The quantitative estimate of drug-likeness (QED) is 0.543. The van der Waals surface area contributed by atoms with Crippen LogP contribution in [0.4, 0.5) is 4.79 Å². The minimum absolute atomic E-state index is 0.0566. The van der Waals surface area contributed by atoms with Crippen molar-refractivity contribution in [1.82, 2.24) is 15.5 Å². The minimum Gasteiger partial charge on any atom is -0.449 e. The molecule has 2 N–H and O–H groups in total. The van der Waals surface area contributed by atoms with E-state index in [4.69, 9.17) is 4.74 Å². The summed E-state index contributed by atoms with van der Waals surface area (Å²) in [6.45, 7) is 1.91. The van der Waals surface area contributed by atoms with E-state index in [0.29, 0.717) is 13.0 Å². The van der Waals surface area contributed by atoms with Crippen LogP contribution in [-0.2, 0) is 9.53 Å². The van der Waals surface area contributed by atoms with Gasteiger partial charge in [-0.2, -0.15) is 0 Å². The van der Waals surface area contributed by atoms with Crippen LogP contribution in [-0.4, -0.2) is 57.7 Å². The highest BCUT2D eigenvalue weighted by Crippen LogP contribution is 2.26. The summed E-state index contributed by atoms with van der Waals surface area (Å²) in [5.74, 6) is 0.00349. The van der Waals surface area contributed by atoms with Gasteiger partial charge in [0, 0.05) is 25.4 Å². The average Bonchev–Trinajstić information content (AvgIpc) is 2.49. The van der Waals surface area contributed by atoms with Gasteiger partial charge in [-0.3, -0.25) is 4.79 Å². The smallest absolute Gasteiger partial charge is 0.406 e. The Hall–Kier alpha value is -1.56. The van der Waals surface area contributed by atoms with Crippen LogP contribution in [0, 0.1) is 11.8 Å². The molecule has 1 aliphatic rings. The fourth-order valence-corrected chi connectivity index (χ4v) is 2.37. The molecular formula is C15H27N3O3. The zero-order valence-electron chi connectivity index (χ0n) is 13.2. The standard InChI is InChI=1S/C15H27N3O3/c1-16-15(20)21-11-12-7-4-5-8-13(12)14(19)17-9-6-10-18(2)3/h4-5,12-13H,6-11H2,1-3H3,(H,16,20)(H,17,19). The van der Waals surface area contributed by atoms with E-state index in [9.17, 15) is 9.59 Å². The SMILES string of the molecule is CNC(=O)OCC1CC=CCC1C(=O)NCCCN(C)C. The number of hydrogen-bond donors (Lipinski definition) is 2. The third kappa shape index (κ3) is 6.62. The zero-order valence-corrected chi connectivity index (χ0v) is 13.2. The molecule has 0 saturated carbocycles. The zero-order chi connectivity index (χ0) is 15.7. The molecule has 0 aromatic rings. The maximum Gasteiger partial charge on any atom is 0.406 e. The molecule has 6 heteroatoms. The van der Waals surface area contributed by atoms with Crippen molar-refractivity contribution in [2.45, 2.75) is 19.3 Å². The Bertz CT molecular complexity index is 369. The maximum absolute atomic E-state index is 12.3. The number of carbonyl (C=O) groups is 2. The second-order valence-electron chi connectivity index (χ2n) is 5.61. The Labute approximate surface area is 126 Å². The molecule has 0 heterocycles. The van der Waals surface area contributed by atoms with Crippen molar-refractivity contribution >= 4 is 12.0 Å². The number of alkyl carbamates (subject to hydrolysis) is 1. The Morgan fingerprint density at radius 1 is 1.29 bits per heavy atom. The van der Waals surface area contributed by atoms with E-state index in [1.807, 2.05) is 26.2 Å². The summed E-state index contributed by atoms with van der Waals surface area (Å²) >= 11 is 0. The Morgan fingerprint density at radius 3 is 2.67 bits per heavy atom. The van der Waals surface area contributed by atoms with E-state index in [1.165, 1.54) is 7.05 Å². The van der Waals surface area contributed by atoms with E-state index in [2.05, 4.69) is 15.5 Å². The van der Waals surface area contributed by atoms with E-state index >= 15 is 0 Å². The van der Waals surface area contributed by atoms with Gasteiger partial charge in [0.25, 0.3) is 0 Å². The van der Waals surface area contributed by atoms with Gasteiger partial charge in [0.05, 0.1) is 6.61 Å². The first-order valence-corrected chi connectivity index (χ1v) is 7.46. The number of ether oxygens (including phenoxy) is 1. The fourth-order valence-electron chi connectivity index (χ4n) is 2.37. The molecule has 120 valence electrons. The molecule has 0 aromatic heterocycles. The number of carbonyl (C=O) groups excluding carboxylic acids is 2. The molecule has 6 nitrogen and oxygen atoms in total. The lowest BCUT2D eigenvalue weighted by Crippen LogP contribution is -2.39. The normalized spacial score (nSPS) is 21.1.